The monoisotopic (exact) mass is 472 g/mol. The van der Waals surface area contributed by atoms with Crippen LogP contribution in [0.2, 0.25) is 0 Å². The number of hydrogen-bond donors (Lipinski definition) is 1. The van der Waals surface area contributed by atoms with E-state index in [0.29, 0.717) is 5.75 Å². The molecule has 7 heteroatoms. The summed E-state index contributed by atoms with van der Waals surface area (Å²) < 4.78 is 3.09. The predicted molar refractivity (Wildman–Crippen MR) is 122 cm³/mol. The van der Waals surface area contributed by atoms with E-state index in [2.05, 4.69) is 68.9 Å². The summed E-state index contributed by atoms with van der Waals surface area (Å²) in [5.74, 6) is 1.14. The van der Waals surface area contributed by atoms with E-state index in [9.17, 15) is 4.79 Å². The van der Waals surface area contributed by atoms with E-state index in [1.807, 2.05) is 36.4 Å². The molecule has 0 spiro atoms. The van der Waals surface area contributed by atoms with Crippen molar-refractivity contribution in [2.24, 2.45) is 0 Å². The zero-order chi connectivity index (χ0) is 20.8. The number of benzene rings is 2. The molecule has 0 aliphatic carbocycles. The molecule has 0 saturated carbocycles. The van der Waals surface area contributed by atoms with Gasteiger partial charge in [0.25, 0.3) is 0 Å². The Hall–Kier alpha value is -2.12. The second kappa shape index (κ2) is 10.1. The summed E-state index contributed by atoms with van der Waals surface area (Å²) in [5.41, 5.74) is 3.33. The molecular weight excluding hydrogens is 448 g/mol. The first-order valence-corrected chi connectivity index (χ1v) is 11.5. The highest BCUT2D eigenvalue weighted by atomic mass is 79.9. The van der Waals surface area contributed by atoms with Crippen molar-refractivity contribution in [3.63, 3.8) is 0 Å². The lowest BCUT2D eigenvalue weighted by Crippen LogP contribution is -2.29. The molecule has 1 N–H and O–H groups in total. The smallest absolute Gasteiger partial charge is 0.230 e. The van der Waals surface area contributed by atoms with E-state index in [-0.39, 0.29) is 11.9 Å². The van der Waals surface area contributed by atoms with Gasteiger partial charge in [-0.25, -0.2) is 0 Å². The van der Waals surface area contributed by atoms with E-state index >= 15 is 0 Å². The number of carbonyl (C=O) groups is 1. The first-order valence-electron chi connectivity index (χ1n) is 9.70. The summed E-state index contributed by atoms with van der Waals surface area (Å²) >= 11 is 4.87. The fraction of sp³-hybridized carbons (Fsp3) is 0.318. The maximum atomic E-state index is 12.6. The lowest BCUT2D eigenvalue weighted by Gasteiger charge is -2.17. The molecule has 0 aliphatic rings. The number of rotatable bonds is 8. The Bertz CT molecular complexity index is 971. The molecule has 0 fully saturated rings. The molecule has 1 amide bonds. The molecule has 1 unspecified atom stereocenters. The van der Waals surface area contributed by atoms with Crippen molar-refractivity contribution in [3.05, 3.63) is 64.1 Å². The van der Waals surface area contributed by atoms with Gasteiger partial charge < -0.3 is 9.88 Å². The molecule has 2 aromatic carbocycles. The second-order valence-corrected chi connectivity index (χ2v) is 8.59. The molecule has 1 heterocycles. The minimum atomic E-state index is -0.00661. The maximum Gasteiger partial charge on any atom is 0.230 e. The fourth-order valence-electron chi connectivity index (χ4n) is 3.19. The van der Waals surface area contributed by atoms with Gasteiger partial charge in [-0.2, -0.15) is 0 Å². The van der Waals surface area contributed by atoms with Gasteiger partial charge in [0.1, 0.15) is 0 Å². The Kier molecular flexibility index (Phi) is 7.50. The zero-order valence-electron chi connectivity index (χ0n) is 16.9. The molecule has 0 radical (unpaired) electrons. The van der Waals surface area contributed by atoms with Crippen LogP contribution < -0.4 is 5.32 Å². The van der Waals surface area contributed by atoms with Crippen LogP contribution in [0.1, 0.15) is 37.4 Å². The zero-order valence-corrected chi connectivity index (χ0v) is 19.3. The van der Waals surface area contributed by atoms with Gasteiger partial charge in [-0.15, -0.1) is 10.2 Å². The largest absolute Gasteiger partial charge is 0.349 e. The first-order chi connectivity index (χ1) is 14.0. The lowest BCUT2D eigenvalue weighted by atomic mass is 10.0. The Morgan fingerprint density at radius 1 is 1.14 bits per heavy atom. The van der Waals surface area contributed by atoms with Crippen LogP contribution in [-0.2, 0) is 11.3 Å². The number of halogens is 1. The van der Waals surface area contributed by atoms with Gasteiger partial charge in [-0.05, 0) is 43.5 Å². The highest BCUT2D eigenvalue weighted by molar-refractivity contribution is 9.10. The molecule has 0 saturated heterocycles. The van der Waals surface area contributed by atoms with Crippen molar-refractivity contribution < 1.29 is 4.79 Å². The van der Waals surface area contributed by atoms with E-state index in [1.165, 1.54) is 11.8 Å². The molecule has 29 heavy (non-hydrogen) atoms. The first kappa shape index (κ1) is 21.6. The van der Waals surface area contributed by atoms with Crippen LogP contribution >= 0.6 is 27.7 Å². The van der Waals surface area contributed by atoms with Crippen LogP contribution in [0.4, 0.5) is 0 Å². The van der Waals surface area contributed by atoms with Crippen molar-refractivity contribution in [1.29, 1.82) is 0 Å². The number of amides is 1. The summed E-state index contributed by atoms with van der Waals surface area (Å²) in [6.07, 6.45) is 0.834. The molecule has 3 aromatic rings. The van der Waals surface area contributed by atoms with Crippen LogP contribution in [-0.4, -0.2) is 26.4 Å². The van der Waals surface area contributed by atoms with Crippen molar-refractivity contribution in [2.75, 3.05) is 5.75 Å². The number of hydrogen-bond acceptors (Lipinski definition) is 4. The molecule has 1 aromatic heterocycles. The van der Waals surface area contributed by atoms with Crippen molar-refractivity contribution >= 4 is 33.6 Å². The van der Waals surface area contributed by atoms with Crippen LogP contribution in [0.3, 0.4) is 0 Å². The van der Waals surface area contributed by atoms with E-state index in [1.54, 1.807) is 0 Å². The Balaban J connectivity index is 1.67. The third kappa shape index (κ3) is 5.28. The maximum absolute atomic E-state index is 12.6. The minimum Gasteiger partial charge on any atom is -0.349 e. The van der Waals surface area contributed by atoms with E-state index < -0.39 is 0 Å². The lowest BCUT2D eigenvalue weighted by molar-refractivity contribution is -0.119. The van der Waals surface area contributed by atoms with Gasteiger partial charge in [-0.1, -0.05) is 71.0 Å². The fourth-order valence-corrected chi connectivity index (χ4v) is 4.26. The topological polar surface area (TPSA) is 59.8 Å². The van der Waals surface area contributed by atoms with Crippen LogP contribution in [0.5, 0.6) is 0 Å². The summed E-state index contributed by atoms with van der Waals surface area (Å²) in [5, 5.41) is 12.6. The number of carbonyl (C=O) groups excluding carboxylic acids is 1. The quantitative estimate of drug-likeness (QED) is 0.446. The van der Waals surface area contributed by atoms with E-state index in [4.69, 9.17) is 0 Å². The molecule has 3 rings (SSSR count). The van der Waals surface area contributed by atoms with E-state index in [0.717, 1.165) is 45.1 Å². The second-order valence-electron chi connectivity index (χ2n) is 6.73. The van der Waals surface area contributed by atoms with Crippen molar-refractivity contribution in [1.82, 2.24) is 20.1 Å². The minimum absolute atomic E-state index is 0.00257. The van der Waals surface area contributed by atoms with Crippen LogP contribution in [0.25, 0.3) is 11.4 Å². The van der Waals surface area contributed by atoms with Gasteiger partial charge in [0, 0.05) is 16.6 Å². The van der Waals surface area contributed by atoms with Crippen LogP contribution in [0.15, 0.2) is 58.2 Å². The average molecular weight is 473 g/mol. The Morgan fingerprint density at radius 3 is 2.52 bits per heavy atom. The molecule has 0 bridgehead atoms. The number of aromatic nitrogens is 3. The average Bonchev–Trinajstić information content (AvgIpc) is 3.14. The summed E-state index contributed by atoms with van der Waals surface area (Å²) in [4.78, 5) is 12.6. The van der Waals surface area contributed by atoms with Gasteiger partial charge in [-0.3, -0.25) is 4.79 Å². The van der Waals surface area contributed by atoms with Gasteiger partial charge in [0.05, 0.1) is 11.8 Å². The standard InChI is InChI=1S/C22H25BrN4OS/c1-4-19(16-10-12-17(23)13-11-16)24-20(28)14-29-22-26-25-21(27(22)5-2)18-9-7-6-8-15(18)3/h6-13,19H,4-5,14H2,1-3H3,(H,24,28). The SMILES string of the molecule is CCC(NC(=O)CSc1nnc(-c2ccccc2C)n1CC)c1ccc(Br)cc1. The third-order valence-corrected chi connectivity index (χ3v) is 6.26. The summed E-state index contributed by atoms with van der Waals surface area (Å²) in [6.45, 7) is 6.95. The Morgan fingerprint density at radius 2 is 1.86 bits per heavy atom. The van der Waals surface area contributed by atoms with Gasteiger partial charge in [0.15, 0.2) is 11.0 Å². The summed E-state index contributed by atoms with van der Waals surface area (Å²) in [7, 11) is 0. The number of thioether (sulfide) groups is 1. The molecular formula is C22H25BrN4OS. The number of nitrogens with zero attached hydrogens (tertiary/aromatic N) is 3. The summed E-state index contributed by atoms with van der Waals surface area (Å²) in [6, 6.07) is 16.2. The van der Waals surface area contributed by atoms with Gasteiger partial charge in [0.2, 0.25) is 5.91 Å². The molecule has 0 aliphatic heterocycles. The highest BCUT2D eigenvalue weighted by Crippen LogP contribution is 2.26. The van der Waals surface area contributed by atoms with Crippen LogP contribution in [0, 0.1) is 6.92 Å². The van der Waals surface area contributed by atoms with Gasteiger partial charge >= 0.3 is 0 Å². The third-order valence-electron chi connectivity index (χ3n) is 4.77. The van der Waals surface area contributed by atoms with Crippen molar-refractivity contribution in [3.8, 4) is 11.4 Å². The molecule has 5 nitrogen and oxygen atoms in total. The molecule has 1 atom stereocenters. The number of nitrogens with one attached hydrogen (secondary N) is 1. The number of aryl methyl sites for hydroxylation is 1. The molecule has 152 valence electrons. The van der Waals surface area contributed by atoms with Crippen molar-refractivity contribution in [2.45, 2.75) is 44.9 Å². The predicted octanol–water partition coefficient (Wildman–Crippen LogP) is 5.40. The Labute approximate surface area is 184 Å². The highest BCUT2D eigenvalue weighted by Gasteiger charge is 2.17. The normalized spacial score (nSPS) is 12.0.